The lowest BCUT2D eigenvalue weighted by molar-refractivity contribution is -0.115. The molecule has 174 valence electrons. The van der Waals surface area contributed by atoms with Crippen LogP contribution in [0.15, 0.2) is 77.7 Å². The maximum absolute atomic E-state index is 12.6. The third kappa shape index (κ3) is 5.74. The first-order valence-corrected chi connectivity index (χ1v) is 11.9. The summed E-state index contributed by atoms with van der Waals surface area (Å²) < 4.78 is 2.88. The summed E-state index contributed by atoms with van der Waals surface area (Å²) in [5, 5.41) is 9.63. The number of anilines is 2. The smallest absolute Gasteiger partial charge is 0.325 e. The lowest BCUT2D eigenvalue weighted by Gasteiger charge is -2.13. The predicted molar refractivity (Wildman–Crippen MR) is 135 cm³/mol. The largest absolute Gasteiger partial charge is 0.350 e. The number of fused-ring (bicyclic) bond motifs is 1. The molecule has 2 amide bonds. The summed E-state index contributed by atoms with van der Waals surface area (Å²) in [4.78, 5) is 37.3. The maximum Gasteiger partial charge on any atom is 0.350 e. The fourth-order valence-corrected chi connectivity index (χ4v) is 4.03. The molecule has 4 aromatic rings. The third-order valence-corrected chi connectivity index (χ3v) is 6.33. The zero-order chi connectivity index (χ0) is 24.1. The first-order chi connectivity index (χ1) is 16.4. The fourth-order valence-electron chi connectivity index (χ4n) is 3.35. The summed E-state index contributed by atoms with van der Waals surface area (Å²) in [6.45, 7) is 4.03. The van der Waals surface area contributed by atoms with Gasteiger partial charge < -0.3 is 10.6 Å². The quantitative estimate of drug-likeness (QED) is 0.406. The molecule has 0 saturated heterocycles. The Morgan fingerprint density at radius 2 is 1.79 bits per heavy atom. The molecule has 0 fully saturated rings. The van der Waals surface area contributed by atoms with Crippen molar-refractivity contribution in [3.05, 3.63) is 94.5 Å². The van der Waals surface area contributed by atoms with Crippen LogP contribution in [0.5, 0.6) is 0 Å². The third-order valence-electron chi connectivity index (χ3n) is 5.18. The zero-order valence-corrected chi connectivity index (χ0v) is 19.7. The van der Waals surface area contributed by atoms with E-state index in [1.54, 1.807) is 31.3 Å². The SMILES string of the molecule is Cc1ccc(NC(=O)CSC(C)C(=O)Nc2cccc(Cn3nc4ccccn4c3=O)c2)cc1. The van der Waals surface area contributed by atoms with E-state index in [1.807, 2.05) is 55.5 Å². The molecule has 1 atom stereocenters. The number of amides is 2. The Balaban J connectivity index is 1.32. The van der Waals surface area contributed by atoms with Crippen LogP contribution in [0.2, 0.25) is 0 Å². The highest BCUT2D eigenvalue weighted by molar-refractivity contribution is 8.01. The summed E-state index contributed by atoms with van der Waals surface area (Å²) in [5.74, 6) is -0.192. The van der Waals surface area contributed by atoms with Crippen LogP contribution in [-0.2, 0) is 16.1 Å². The molecular weight excluding hydrogens is 450 g/mol. The van der Waals surface area contributed by atoms with Crippen molar-refractivity contribution in [2.24, 2.45) is 0 Å². The number of hydrogen-bond donors (Lipinski definition) is 2. The number of thioether (sulfide) groups is 1. The van der Waals surface area contributed by atoms with Gasteiger partial charge in [-0.3, -0.25) is 14.0 Å². The molecule has 2 N–H and O–H groups in total. The predicted octanol–water partition coefficient (Wildman–Crippen LogP) is 3.55. The van der Waals surface area contributed by atoms with Gasteiger partial charge in [0.2, 0.25) is 11.8 Å². The number of carbonyl (C=O) groups excluding carboxylic acids is 2. The van der Waals surface area contributed by atoms with Gasteiger partial charge in [0.25, 0.3) is 0 Å². The number of aryl methyl sites for hydroxylation is 1. The number of rotatable bonds is 8. The number of pyridine rings is 1. The number of aromatic nitrogens is 3. The van der Waals surface area contributed by atoms with E-state index in [0.29, 0.717) is 11.3 Å². The van der Waals surface area contributed by atoms with Gasteiger partial charge in [-0.15, -0.1) is 16.9 Å². The molecule has 2 heterocycles. The van der Waals surface area contributed by atoms with Gasteiger partial charge in [0.05, 0.1) is 17.5 Å². The van der Waals surface area contributed by atoms with Gasteiger partial charge in [0, 0.05) is 17.6 Å². The monoisotopic (exact) mass is 475 g/mol. The summed E-state index contributed by atoms with van der Waals surface area (Å²) in [6.07, 6.45) is 1.68. The van der Waals surface area contributed by atoms with Crippen LogP contribution < -0.4 is 16.3 Å². The Bertz CT molecular complexity index is 1380. The van der Waals surface area contributed by atoms with Crippen molar-refractivity contribution in [3.63, 3.8) is 0 Å². The minimum absolute atomic E-state index is 0.159. The van der Waals surface area contributed by atoms with E-state index >= 15 is 0 Å². The van der Waals surface area contributed by atoms with Crippen molar-refractivity contribution in [2.75, 3.05) is 16.4 Å². The van der Waals surface area contributed by atoms with Crippen molar-refractivity contribution in [3.8, 4) is 0 Å². The molecule has 8 nitrogen and oxygen atoms in total. The van der Waals surface area contributed by atoms with Crippen LogP contribution in [0.25, 0.3) is 5.65 Å². The number of benzene rings is 2. The van der Waals surface area contributed by atoms with Crippen molar-refractivity contribution in [2.45, 2.75) is 25.6 Å². The van der Waals surface area contributed by atoms with Gasteiger partial charge in [-0.2, -0.15) is 0 Å². The van der Waals surface area contributed by atoms with Crippen LogP contribution >= 0.6 is 11.8 Å². The molecule has 1 unspecified atom stereocenters. The minimum atomic E-state index is -0.423. The first kappa shape index (κ1) is 23.3. The van der Waals surface area contributed by atoms with Gasteiger partial charge in [-0.05, 0) is 55.8 Å². The summed E-state index contributed by atoms with van der Waals surface area (Å²) >= 11 is 1.26. The number of carbonyl (C=O) groups is 2. The second-order valence-electron chi connectivity index (χ2n) is 7.93. The minimum Gasteiger partial charge on any atom is -0.325 e. The Morgan fingerprint density at radius 3 is 2.56 bits per heavy atom. The second-order valence-corrected chi connectivity index (χ2v) is 9.26. The highest BCUT2D eigenvalue weighted by Crippen LogP contribution is 2.17. The Kier molecular flexibility index (Phi) is 7.12. The topological polar surface area (TPSA) is 97.5 Å². The van der Waals surface area contributed by atoms with Gasteiger partial charge >= 0.3 is 5.69 Å². The Labute approximate surface area is 201 Å². The molecule has 0 aliphatic heterocycles. The molecule has 0 bridgehead atoms. The molecular formula is C25H25N5O3S. The van der Waals surface area contributed by atoms with Gasteiger partial charge in [-0.25, -0.2) is 9.48 Å². The molecule has 0 saturated carbocycles. The van der Waals surface area contributed by atoms with E-state index in [9.17, 15) is 14.4 Å². The fraction of sp³-hybridized carbons (Fsp3) is 0.200. The first-order valence-electron chi connectivity index (χ1n) is 10.8. The Hall–Kier alpha value is -3.85. The van der Waals surface area contributed by atoms with Crippen LogP contribution in [0.1, 0.15) is 18.1 Å². The van der Waals surface area contributed by atoms with Crippen molar-refractivity contribution in [1.29, 1.82) is 0 Å². The Morgan fingerprint density at radius 1 is 1.00 bits per heavy atom. The van der Waals surface area contributed by atoms with E-state index in [0.717, 1.165) is 16.8 Å². The molecule has 0 radical (unpaired) electrons. The zero-order valence-electron chi connectivity index (χ0n) is 18.9. The molecule has 4 rings (SSSR count). The summed E-state index contributed by atoms with van der Waals surface area (Å²) in [6, 6.07) is 20.2. The van der Waals surface area contributed by atoms with Crippen molar-refractivity contribution in [1.82, 2.24) is 14.2 Å². The average Bonchev–Trinajstić information content (AvgIpc) is 3.14. The number of nitrogens with zero attached hydrogens (tertiary/aromatic N) is 3. The molecule has 0 aliphatic carbocycles. The van der Waals surface area contributed by atoms with E-state index < -0.39 is 5.25 Å². The lowest BCUT2D eigenvalue weighted by Crippen LogP contribution is -2.25. The molecule has 2 aromatic carbocycles. The number of hydrogen-bond acceptors (Lipinski definition) is 5. The molecule has 0 aliphatic rings. The van der Waals surface area contributed by atoms with Gasteiger partial charge in [-0.1, -0.05) is 35.9 Å². The highest BCUT2D eigenvalue weighted by Gasteiger charge is 2.16. The summed E-state index contributed by atoms with van der Waals surface area (Å²) in [5.41, 5.74) is 3.66. The van der Waals surface area contributed by atoms with Crippen LogP contribution in [-0.4, -0.2) is 37.0 Å². The molecule has 2 aromatic heterocycles. The normalized spacial score (nSPS) is 11.8. The van der Waals surface area contributed by atoms with E-state index in [-0.39, 0.29) is 29.8 Å². The molecule has 0 spiro atoms. The van der Waals surface area contributed by atoms with Crippen LogP contribution in [0.3, 0.4) is 0 Å². The van der Waals surface area contributed by atoms with Crippen LogP contribution in [0.4, 0.5) is 11.4 Å². The molecule has 34 heavy (non-hydrogen) atoms. The standard InChI is InChI=1S/C25H25N5O3S/c1-17-9-11-20(12-10-17)26-23(31)16-34-18(2)24(32)27-21-7-5-6-19(14-21)15-30-25(33)29-13-4-3-8-22(29)28-30/h3-14,18H,15-16H2,1-2H3,(H,26,31)(H,27,32). The number of nitrogens with one attached hydrogen (secondary N) is 2. The van der Waals surface area contributed by atoms with E-state index in [4.69, 9.17) is 0 Å². The average molecular weight is 476 g/mol. The molecule has 9 heteroatoms. The lowest BCUT2D eigenvalue weighted by atomic mass is 10.2. The van der Waals surface area contributed by atoms with Gasteiger partial charge in [0.15, 0.2) is 5.65 Å². The highest BCUT2D eigenvalue weighted by atomic mass is 32.2. The maximum atomic E-state index is 12.6. The van der Waals surface area contributed by atoms with Crippen molar-refractivity contribution < 1.29 is 9.59 Å². The van der Waals surface area contributed by atoms with E-state index in [1.165, 1.54) is 20.8 Å². The second kappa shape index (κ2) is 10.4. The summed E-state index contributed by atoms with van der Waals surface area (Å²) in [7, 11) is 0. The van der Waals surface area contributed by atoms with Crippen LogP contribution in [0, 0.1) is 6.92 Å². The van der Waals surface area contributed by atoms with Crippen molar-refractivity contribution >= 4 is 40.6 Å². The van der Waals surface area contributed by atoms with E-state index in [2.05, 4.69) is 15.7 Å². The van der Waals surface area contributed by atoms with Gasteiger partial charge in [0.1, 0.15) is 0 Å².